The van der Waals surface area contributed by atoms with Crippen LogP contribution in [0.25, 0.3) is 11.0 Å². The van der Waals surface area contributed by atoms with E-state index in [0.717, 1.165) is 27.1 Å². The topological polar surface area (TPSA) is 89.3 Å². The van der Waals surface area contributed by atoms with Gasteiger partial charge in [-0.15, -0.1) is 0 Å². The number of rotatable bonds is 6. The van der Waals surface area contributed by atoms with Gasteiger partial charge in [-0.25, -0.2) is 17.4 Å². The van der Waals surface area contributed by atoms with Gasteiger partial charge in [0.05, 0.1) is 42.7 Å². The first-order valence-corrected chi connectivity index (χ1v) is 13.3. The van der Waals surface area contributed by atoms with Crippen molar-refractivity contribution in [2.45, 2.75) is 23.9 Å². The Morgan fingerprint density at radius 1 is 0.868 bits per heavy atom. The fourth-order valence-corrected chi connectivity index (χ4v) is 6.17. The second-order valence-corrected chi connectivity index (χ2v) is 11.1. The Bertz CT molecular complexity index is 1700. The van der Waals surface area contributed by atoms with Crippen molar-refractivity contribution in [3.8, 4) is 0 Å². The minimum atomic E-state index is -4.76. The highest BCUT2D eigenvalue weighted by Crippen LogP contribution is 2.34. The lowest BCUT2D eigenvalue weighted by Crippen LogP contribution is -2.31. The van der Waals surface area contributed by atoms with Gasteiger partial charge in [0.15, 0.2) is 0 Å². The maximum Gasteiger partial charge on any atom is 0.416 e. The monoisotopic (exact) mass is 581 g/mol. The van der Waals surface area contributed by atoms with Crippen LogP contribution in [0.1, 0.15) is 38.5 Å². The average molecular weight is 582 g/mol. The van der Waals surface area contributed by atoms with Gasteiger partial charge in [-0.05, 0) is 48.9 Å². The van der Waals surface area contributed by atoms with Crippen molar-refractivity contribution in [2.75, 3.05) is 6.54 Å². The summed E-state index contributed by atoms with van der Waals surface area (Å²) in [6, 6.07) is 12.4. The molecule has 2 amide bonds. The molecule has 1 aliphatic rings. The summed E-state index contributed by atoms with van der Waals surface area (Å²) in [7, 11) is -4.57. The third kappa shape index (κ3) is 4.44. The van der Waals surface area contributed by atoms with Crippen LogP contribution in [-0.4, -0.2) is 40.6 Å². The lowest BCUT2D eigenvalue weighted by Gasteiger charge is -2.15. The summed E-state index contributed by atoms with van der Waals surface area (Å²) in [6.07, 6.45) is -4.65. The van der Waals surface area contributed by atoms with Crippen LogP contribution in [0.3, 0.4) is 0 Å². The molecule has 0 saturated carbocycles. The number of carbonyl (C=O) groups excluding carboxylic acids is 2. The summed E-state index contributed by atoms with van der Waals surface area (Å²) in [5.74, 6) is -0.948. The molecule has 38 heavy (non-hydrogen) atoms. The molecule has 3 aromatic carbocycles. The van der Waals surface area contributed by atoms with Crippen LogP contribution in [0.15, 0.2) is 65.6 Å². The number of alkyl halides is 3. The van der Waals surface area contributed by atoms with Gasteiger partial charge in [-0.3, -0.25) is 14.5 Å². The molecule has 0 unspecified atom stereocenters. The highest BCUT2D eigenvalue weighted by molar-refractivity contribution is 7.90. The van der Waals surface area contributed by atoms with Crippen LogP contribution in [-0.2, 0) is 22.6 Å². The third-order valence-electron chi connectivity index (χ3n) is 6.08. The lowest BCUT2D eigenvalue weighted by atomic mass is 10.1. The van der Waals surface area contributed by atoms with Gasteiger partial charge in [-0.2, -0.15) is 13.2 Å². The SMILES string of the molecule is O=C1c2ccccc2C(=O)N1CCCc1nc2cc(Cl)c(Cl)cc2n1S(=O)(=O)c1cccc(C(F)(F)F)c1. The molecule has 7 nitrogen and oxygen atoms in total. The van der Waals surface area contributed by atoms with Crippen molar-refractivity contribution >= 4 is 56.1 Å². The summed E-state index contributed by atoms with van der Waals surface area (Å²) in [5.41, 5.74) is -0.392. The predicted molar refractivity (Wildman–Crippen MR) is 134 cm³/mol. The summed E-state index contributed by atoms with van der Waals surface area (Å²) in [4.78, 5) is 30.1. The molecule has 2 heterocycles. The maximum atomic E-state index is 13.6. The number of fused-ring (bicyclic) bond motifs is 2. The van der Waals surface area contributed by atoms with Crippen molar-refractivity contribution < 1.29 is 31.2 Å². The number of carbonyl (C=O) groups is 2. The van der Waals surface area contributed by atoms with Crippen LogP contribution < -0.4 is 0 Å². The van der Waals surface area contributed by atoms with Crippen molar-refractivity contribution in [2.24, 2.45) is 0 Å². The number of halogens is 5. The molecule has 1 aromatic heterocycles. The molecule has 0 spiro atoms. The Labute approximate surface area is 224 Å². The zero-order chi connectivity index (χ0) is 27.4. The summed E-state index contributed by atoms with van der Waals surface area (Å²) >= 11 is 12.2. The normalized spacial score (nSPS) is 14.0. The van der Waals surface area contributed by atoms with E-state index in [1.165, 1.54) is 12.1 Å². The van der Waals surface area contributed by atoms with Gasteiger partial charge in [0, 0.05) is 13.0 Å². The molecule has 5 rings (SSSR count). The fraction of sp³-hybridized carbons (Fsp3) is 0.160. The van der Waals surface area contributed by atoms with E-state index < -0.39 is 38.5 Å². The molecule has 13 heteroatoms. The first-order valence-electron chi connectivity index (χ1n) is 11.1. The predicted octanol–water partition coefficient (Wildman–Crippen LogP) is 5.83. The number of imidazole rings is 1. The molecule has 196 valence electrons. The largest absolute Gasteiger partial charge is 0.416 e. The van der Waals surface area contributed by atoms with E-state index >= 15 is 0 Å². The highest BCUT2D eigenvalue weighted by atomic mass is 35.5. The fourth-order valence-electron chi connectivity index (χ4n) is 4.30. The van der Waals surface area contributed by atoms with Gasteiger partial charge in [0.1, 0.15) is 5.82 Å². The van der Waals surface area contributed by atoms with Crippen LogP contribution in [0, 0.1) is 0 Å². The number of nitrogens with zero attached hydrogens (tertiary/aromatic N) is 3. The Morgan fingerprint density at radius 2 is 1.50 bits per heavy atom. The molecule has 0 radical (unpaired) electrons. The Morgan fingerprint density at radius 3 is 2.13 bits per heavy atom. The minimum absolute atomic E-state index is 0.0209. The second kappa shape index (κ2) is 9.40. The van der Waals surface area contributed by atoms with E-state index in [-0.39, 0.29) is 57.4 Å². The van der Waals surface area contributed by atoms with Crippen molar-refractivity contribution in [1.82, 2.24) is 13.9 Å². The van der Waals surface area contributed by atoms with Crippen LogP contribution in [0.2, 0.25) is 10.0 Å². The van der Waals surface area contributed by atoms with E-state index in [9.17, 15) is 31.2 Å². The van der Waals surface area contributed by atoms with E-state index in [2.05, 4.69) is 4.98 Å². The van der Waals surface area contributed by atoms with Gasteiger partial charge in [0.25, 0.3) is 21.8 Å². The maximum absolute atomic E-state index is 13.6. The van der Waals surface area contributed by atoms with Crippen LogP contribution in [0.5, 0.6) is 0 Å². The number of hydrogen-bond acceptors (Lipinski definition) is 5. The van der Waals surface area contributed by atoms with E-state index in [1.807, 2.05) is 0 Å². The molecule has 0 saturated heterocycles. The van der Waals surface area contributed by atoms with E-state index in [0.29, 0.717) is 6.07 Å². The highest BCUT2D eigenvalue weighted by Gasteiger charge is 2.35. The average Bonchev–Trinajstić information content (AvgIpc) is 3.34. The molecule has 0 atom stereocenters. The zero-order valence-corrected chi connectivity index (χ0v) is 21.5. The summed E-state index contributed by atoms with van der Waals surface area (Å²) in [5, 5.41) is 0.134. The Balaban J connectivity index is 1.52. The quantitative estimate of drug-likeness (QED) is 0.267. The number of aryl methyl sites for hydroxylation is 1. The number of amides is 2. The van der Waals surface area contributed by atoms with Crippen molar-refractivity contribution in [3.05, 3.63) is 93.2 Å². The van der Waals surface area contributed by atoms with Crippen molar-refractivity contribution in [3.63, 3.8) is 0 Å². The van der Waals surface area contributed by atoms with Gasteiger partial charge in [-0.1, -0.05) is 41.4 Å². The van der Waals surface area contributed by atoms with Crippen LogP contribution >= 0.6 is 23.2 Å². The molecule has 4 aromatic rings. The molecule has 0 N–H and O–H groups in total. The van der Waals surface area contributed by atoms with E-state index in [4.69, 9.17) is 23.2 Å². The Hall–Kier alpha value is -3.41. The van der Waals surface area contributed by atoms with Crippen LogP contribution in [0.4, 0.5) is 13.2 Å². The standard InChI is InChI=1S/C25H16Cl2F3N3O4S/c26-18-12-20-21(13-19(18)27)33(38(36,37)15-6-3-5-14(11-15)25(28,29)30)22(31-20)9-4-10-32-23(34)16-7-1-2-8-17(16)24(32)35/h1-3,5-8,11-13H,4,9-10H2. The zero-order valence-electron chi connectivity index (χ0n) is 19.2. The number of hydrogen-bond donors (Lipinski definition) is 0. The third-order valence-corrected chi connectivity index (χ3v) is 8.54. The summed E-state index contributed by atoms with van der Waals surface area (Å²) < 4.78 is 68.0. The molecular weight excluding hydrogens is 566 g/mol. The molecule has 1 aliphatic heterocycles. The minimum Gasteiger partial charge on any atom is -0.274 e. The molecule has 0 fully saturated rings. The van der Waals surface area contributed by atoms with E-state index in [1.54, 1.807) is 24.3 Å². The number of imide groups is 1. The number of benzene rings is 3. The number of aromatic nitrogens is 2. The Kier molecular flexibility index (Phi) is 6.49. The first kappa shape index (κ1) is 26.2. The molecular formula is C25H16Cl2F3N3O4S. The lowest BCUT2D eigenvalue weighted by molar-refractivity contribution is -0.137. The molecule has 0 bridgehead atoms. The van der Waals surface area contributed by atoms with Gasteiger partial charge in [0.2, 0.25) is 0 Å². The van der Waals surface area contributed by atoms with Gasteiger partial charge < -0.3 is 0 Å². The second-order valence-electron chi connectivity index (χ2n) is 8.49. The summed E-state index contributed by atoms with van der Waals surface area (Å²) in [6.45, 7) is -0.0271. The molecule has 0 aliphatic carbocycles. The first-order chi connectivity index (χ1) is 17.9. The smallest absolute Gasteiger partial charge is 0.274 e. The van der Waals surface area contributed by atoms with Crippen molar-refractivity contribution in [1.29, 1.82) is 0 Å². The van der Waals surface area contributed by atoms with Gasteiger partial charge >= 0.3 is 6.18 Å².